The van der Waals surface area contributed by atoms with Gasteiger partial charge in [-0.25, -0.2) is 0 Å². The quantitative estimate of drug-likeness (QED) is 0.411. The van der Waals surface area contributed by atoms with Gasteiger partial charge in [0.2, 0.25) is 0 Å². The zero-order chi connectivity index (χ0) is 14.3. The lowest BCUT2D eigenvalue weighted by atomic mass is 10.2. The molecular formula is C13H17NO5. The summed E-state index contributed by atoms with van der Waals surface area (Å²) >= 11 is 0. The molecule has 0 fully saturated rings. The highest BCUT2D eigenvalue weighted by Crippen LogP contribution is 2.31. The Labute approximate surface area is 111 Å². The van der Waals surface area contributed by atoms with Crippen molar-refractivity contribution in [2.75, 3.05) is 13.7 Å². The maximum Gasteiger partial charge on any atom is 0.273 e. The molecular weight excluding hydrogens is 250 g/mol. The number of methoxy groups -OCH3 is 1. The number of benzene rings is 1. The van der Waals surface area contributed by atoms with Gasteiger partial charge in [0.1, 0.15) is 5.78 Å². The average Bonchev–Trinajstić information content (AvgIpc) is 2.37. The molecule has 0 amide bonds. The van der Waals surface area contributed by atoms with Crippen molar-refractivity contribution in [2.45, 2.75) is 26.2 Å². The van der Waals surface area contributed by atoms with Crippen molar-refractivity contribution in [1.82, 2.24) is 0 Å². The standard InChI is InChI=1S/C13H17NO5/c1-10(15)5-3-4-8-19-13-9-11(14(16)17)6-7-12(13)18-2/h6-7,9H,3-5,8H2,1-2H3. The van der Waals surface area contributed by atoms with E-state index in [0.717, 1.165) is 6.42 Å². The fraction of sp³-hybridized carbons (Fsp3) is 0.462. The van der Waals surface area contributed by atoms with E-state index in [1.54, 1.807) is 6.92 Å². The number of nitro groups is 1. The number of non-ortho nitro benzene ring substituents is 1. The topological polar surface area (TPSA) is 78.7 Å². The molecule has 0 unspecified atom stereocenters. The van der Waals surface area contributed by atoms with Gasteiger partial charge in [-0.3, -0.25) is 10.1 Å². The lowest BCUT2D eigenvalue weighted by Crippen LogP contribution is -2.01. The van der Waals surface area contributed by atoms with Crippen LogP contribution in [0.2, 0.25) is 0 Å². The predicted octanol–water partition coefficient (Wildman–Crippen LogP) is 2.74. The van der Waals surface area contributed by atoms with Gasteiger partial charge in [0.15, 0.2) is 11.5 Å². The summed E-state index contributed by atoms with van der Waals surface area (Å²) in [5.74, 6) is 0.949. The summed E-state index contributed by atoms with van der Waals surface area (Å²) in [5, 5.41) is 10.7. The smallest absolute Gasteiger partial charge is 0.273 e. The van der Waals surface area contributed by atoms with Gasteiger partial charge >= 0.3 is 0 Å². The Morgan fingerprint density at radius 2 is 2.05 bits per heavy atom. The normalized spacial score (nSPS) is 10.0. The number of hydrogen-bond donors (Lipinski definition) is 0. The maximum atomic E-state index is 10.8. The van der Waals surface area contributed by atoms with E-state index >= 15 is 0 Å². The SMILES string of the molecule is COc1ccc([N+](=O)[O-])cc1OCCCCC(C)=O. The van der Waals surface area contributed by atoms with Crippen LogP contribution in [0.3, 0.4) is 0 Å². The maximum absolute atomic E-state index is 10.8. The summed E-state index contributed by atoms with van der Waals surface area (Å²) < 4.78 is 10.5. The lowest BCUT2D eigenvalue weighted by molar-refractivity contribution is -0.385. The third-order valence-corrected chi connectivity index (χ3v) is 2.54. The van der Waals surface area contributed by atoms with Gasteiger partial charge in [-0.2, -0.15) is 0 Å². The summed E-state index contributed by atoms with van der Waals surface area (Å²) in [4.78, 5) is 21.0. The van der Waals surface area contributed by atoms with Gasteiger partial charge in [-0.1, -0.05) is 0 Å². The highest BCUT2D eigenvalue weighted by atomic mass is 16.6. The molecule has 0 atom stereocenters. The molecule has 1 aromatic rings. The third kappa shape index (κ3) is 4.95. The molecule has 0 aliphatic rings. The molecule has 6 heteroatoms. The minimum absolute atomic E-state index is 0.0421. The summed E-state index contributed by atoms with van der Waals surface area (Å²) in [6.07, 6.45) is 1.98. The van der Waals surface area contributed by atoms with Crippen LogP contribution in [0.5, 0.6) is 11.5 Å². The van der Waals surface area contributed by atoms with Crippen LogP contribution in [0.15, 0.2) is 18.2 Å². The van der Waals surface area contributed by atoms with Crippen molar-refractivity contribution in [1.29, 1.82) is 0 Å². The average molecular weight is 267 g/mol. The first-order valence-corrected chi connectivity index (χ1v) is 5.99. The highest BCUT2D eigenvalue weighted by Gasteiger charge is 2.12. The summed E-state index contributed by atoms with van der Waals surface area (Å²) in [5.41, 5.74) is -0.0421. The van der Waals surface area contributed by atoms with E-state index in [1.807, 2.05) is 0 Å². The first-order chi connectivity index (χ1) is 9.04. The van der Waals surface area contributed by atoms with E-state index in [2.05, 4.69) is 0 Å². The zero-order valence-electron chi connectivity index (χ0n) is 11.0. The molecule has 6 nitrogen and oxygen atoms in total. The number of ketones is 1. The molecule has 0 N–H and O–H groups in total. The first-order valence-electron chi connectivity index (χ1n) is 5.99. The van der Waals surface area contributed by atoms with Crippen LogP contribution in [-0.4, -0.2) is 24.4 Å². The molecule has 0 saturated carbocycles. The molecule has 0 saturated heterocycles. The molecule has 1 aromatic carbocycles. The van der Waals surface area contributed by atoms with Crippen LogP contribution in [0.1, 0.15) is 26.2 Å². The molecule has 0 radical (unpaired) electrons. The van der Waals surface area contributed by atoms with Gasteiger partial charge in [0, 0.05) is 12.5 Å². The molecule has 0 bridgehead atoms. The van der Waals surface area contributed by atoms with E-state index in [9.17, 15) is 14.9 Å². The third-order valence-electron chi connectivity index (χ3n) is 2.54. The molecule has 0 spiro atoms. The minimum Gasteiger partial charge on any atom is -0.493 e. The molecule has 0 aliphatic carbocycles. The van der Waals surface area contributed by atoms with E-state index in [4.69, 9.17) is 9.47 Å². The first kappa shape index (κ1) is 14.9. The van der Waals surface area contributed by atoms with Crippen LogP contribution < -0.4 is 9.47 Å². The monoisotopic (exact) mass is 267 g/mol. The number of carbonyl (C=O) groups is 1. The van der Waals surface area contributed by atoms with Crippen molar-refractivity contribution in [3.63, 3.8) is 0 Å². The summed E-state index contributed by atoms with van der Waals surface area (Å²) in [6, 6.07) is 4.20. The van der Waals surface area contributed by atoms with Crippen LogP contribution in [0, 0.1) is 10.1 Å². The number of rotatable bonds is 8. The van der Waals surface area contributed by atoms with Gasteiger partial charge in [0.25, 0.3) is 5.69 Å². The second-order valence-corrected chi connectivity index (χ2v) is 4.10. The van der Waals surface area contributed by atoms with Gasteiger partial charge < -0.3 is 14.3 Å². The lowest BCUT2D eigenvalue weighted by Gasteiger charge is -2.10. The van der Waals surface area contributed by atoms with Crippen molar-refractivity contribution >= 4 is 11.5 Å². The Morgan fingerprint density at radius 3 is 2.63 bits per heavy atom. The number of nitro benzene ring substituents is 1. The largest absolute Gasteiger partial charge is 0.493 e. The second-order valence-electron chi connectivity index (χ2n) is 4.10. The second kappa shape index (κ2) is 7.35. The Bertz CT molecular complexity index is 458. The van der Waals surface area contributed by atoms with Crippen LogP contribution in [-0.2, 0) is 4.79 Å². The number of Topliss-reactive ketones (excluding diaryl/α,β-unsaturated/α-hetero) is 1. The molecule has 104 valence electrons. The van der Waals surface area contributed by atoms with Crippen LogP contribution in [0.4, 0.5) is 5.69 Å². The molecule has 0 aliphatic heterocycles. The Kier molecular flexibility index (Phi) is 5.78. The number of unbranched alkanes of at least 4 members (excludes halogenated alkanes) is 1. The predicted molar refractivity (Wildman–Crippen MR) is 69.7 cm³/mol. The Balaban J connectivity index is 2.57. The number of hydrogen-bond acceptors (Lipinski definition) is 5. The number of carbonyl (C=O) groups excluding carboxylic acids is 1. The highest BCUT2D eigenvalue weighted by molar-refractivity contribution is 5.75. The zero-order valence-corrected chi connectivity index (χ0v) is 11.0. The van der Waals surface area contributed by atoms with Crippen LogP contribution >= 0.6 is 0 Å². The van der Waals surface area contributed by atoms with Crippen molar-refractivity contribution < 1.29 is 19.2 Å². The molecule has 19 heavy (non-hydrogen) atoms. The summed E-state index contributed by atoms with van der Waals surface area (Å²) in [7, 11) is 1.48. The van der Waals surface area contributed by atoms with Crippen molar-refractivity contribution in [2.24, 2.45) is 0 Å². The fourth-order valence-corrected chi connectivity index (χ4v) is 1.55. The van der Waals surface area contributed by atoms with Gasteiger partial charge in [0.05, 0.1) is 24.7 Å². The Morgan fingerprint density at radius 1 is 1.32 bits per heavy atom. The molecule has 0 heterocycles. The Hall–Kier alpha value is -2.11. The van der Waals surface area contributed by atoms with Crippen molar-refractivity contribution in [3.05, 3.63) is 28.3 Å². The minimum atomic E-state index is -0.484. The number of nitrogens with zero attached hydrogens (tertiary/aromatic N) is 1. The molecule has 0 aromatic heterocycles. The van der Waals surface area contributed by atoms with E-state index in [0.29, 0.717) is 30.9 Å². The van der Waals surface area contributed by atoms with E-state index < -0.39 is 4.92 Å². The van der Waals surface area contributed by atoms with Gasteiger partial charge in [-0.15, -0.1) is 0 Å². The van der Waals surface area contributed by atoms with Gasteiger partial charge in [-0.05, 0) is 25.8 Å². The molecule has 1 rings (SSSR count). The summed E-state index contributed by atoms with van der Waals surface area (Å²) in [6.45, 7) is 1.94. The van der Waals surface area contributed by atoms with E-state index in [1.165, 1.54) is 25.3 Å². The van der Waals surface area contributed by atoms with E-state index in [-0.39, 0.29) is 11.5 Å². The van der Waals surface area contributed by atoms with Crippen molar-refractivity contribution in [3.8, 4) is 11.5 Å². The van der Waals surface area contributed by atoms with Crippen LogP contribution in [0.25, 0.3) is 0 Å². The number of ether oxygens (including phenoxy) is 2. The fourth-order valence-electron chi connectivity index (χ4n) is 1.55.